The van der Waals surface area contributed by atoms with Gasteiger partial charge < -0.3 is 24.4 Å². The lowest BCUT2D eigenvalue weighted by Crippen LogP contribution is -2.36. The first kappa shape index (κ1) is 32.9. The van der Waals surface area contributed by atoms with Gasteiger partial charge in [0.2, 0.25) is 0 Å². The maximum absolute atomic E-state index is 14.5. The highest BCUT2D eigenvalue weighted by molar-refractivity contribution is 5.69. The molecule has 1 saturated carbocycles. The number of hydrogen-bond donors (Lipinski definition) is 2. The van der Waals surface area contributed by atoms with Crippen molar-refractivity contribution < 1.29 is 38.0 Å². The van der Waals surface area contributed by atoms with Crippen LogP contribution in [0.5, 0.6) is 0 Å². The number of rotatable bonds is 18. The number of halogens is 2. The molecule has 1 aromatic rings. The standard InChI is InChI=1S/C32H50F2O6/c1-2-3-20-32(33,34)29(36)19-18-26-25(27(35)22-28(26)40-31-17-11-12-21-38-31)15-9-4-5-10-16-30(37)39-23-24-13-7-6-8-14-24/h6-8,13-14,25-29,31,35-36H,2-5,9-12,15-23H2,1H3/t25-,26-,27-,28-,29?,31?/m1/s1. The van der Waals surface area contributed by atoms with E-state index in [1.807, 2.05) is 37.3 Å². The Bertz CT molecular complexity index is 832. The van der Waals surface area contributed by atoms with E-state index in [1.54, 1.807) is 0 Å². The number of ether oxygens (including phenoxy) is 3. The van der Waals surface area contributed by atoms with Crippen LogP contribution in [0.15, 0.2) is 30.3 Å². The van der Waals surface area contributed by atoms with E-state index in [0.29, 0.717) is 38.7 Å². The first-order valence-electron chi connectivity index (χ1n) is 15.5. The highest BCUT2D eigenvalue weighted by atomic mass is 19.3. The average Bonchev–Trinajstić information content (AvgIpc) is 3.25. The molecular weight excluding hydrogens is 518 g/mol. The Morgan fingerprint density at radius 3 is 2.58 bits per heavy atom. The van der Waals surface area contributed by atoms with Crippen LogP contribution >= 0.6 is 0 Å². The number of alkyl halides is 2. The number of hydrogen-bond acceptors (Lipinski definition) is 6. The molecule has 1 saturated heterocycles. The van der Waals surface area contributed by atoms with Crippen LogP contribution in [0.4, 0.5) is 8.78 Å². The van der Waals surface area contributed by atoms with Gasteiger partial charge >= 0.3 is 5.97 Å². The lowest BCUT2D eigenvalue weighted by molar-refractivity contribution is -0.197. The maximum Gasteiger partial charge on any atom is 0.306 e. The Labute approximate surface area is 238 Å². The van der Waals surface area contributed by atoms with Crippen LogP contribution < -0.4 is 0 Å². The van der Waals surface area contributed by atoms with Gasteiger partial charge in [0.05, 0.1) is 12.2 Å². The normalized spacial score (nSPS) is 26.1. The van der Waals surface area contributed by atoms with Crippen LogP contribution in [0, 0.1) is 11.8 Å². The molecule has 1 heterocycles. The molecule has 0 spiro atoms. The SMILES string of the molecule is CCCCC(F)(F)C(O)CC[C@@H]1[C@@H](CCCCCCC(=O)OCc2ccccc2)[C@H](O)C[C@H]1OC1CCCCO1. The first-order valence-corrected chi connectivity index (χ1v) is 15.5. The second-order valence-electron chi connectivity index (χ2n) is 11.7. The van der Waals surface area contributed by atoms with E-state index in [4.69, 9.17) is 14.2 Å². The predicted molar refractivity (Wildman–Crippen MR) is 150 cm³/mol. The van der Waals surface area contributed by atoms with Gasteiger partial charge in [-0.1, -0.05) is 62.9 Å². The number of benzene rings is 1. The zero-order valence-electron chi connectivity index (χ0n) is 24.2. The molecule has 0 amide bonds. The van der Waals surface area contributed by atoms with Gasteiger partial charge in [-0.2, -0.15) is 0 Å². The van der Waals surface area contributed by atoms with Crippen LogP contribution in [-0.2, 0) is 25.6 Å². The summed E-state index contributed by atoms with van der Waals surface area (Å²) < 4.78 is 46.3. The van der Waals surface area contributed by atoms with Crippen molar-refractivity contribution in [3.8, 4) is 0 Å². The second kappa shape index (κ2) is 17.4. The molecule has 2 aliphatic rings. The fraction of sp³-hybridized carbons (Fsp3) is 0.781. The van der Waals surface area contributed by atoms with E-state index in [9.17, 15) is 23.8 Å². The summed E-state index contributed by atoms with van der Waals surface area (Å²) in [5.74, 6) is -3.48. The van der Waals surface area contributed by atoms with Crippen LogP contribution in [0.2, 0.25) is 0 Å². The molecule has 1 aliphatic heterocycles. The fourth-order valence-electron chi connectivity index (χ4n) is 6.08. The molecule has 6 nitrogen and oxygen atoms in total. The van der Waals surface area contributed by atoms with Crippen molar-refractivity contribution >= 4 is 5.97 Å². The molecule has 0 radical (unpaired) electrons. The van der Waals surface area contributed by atoms with Crippen molar-refractivity contribution in [3.63, 3.8) is 0 Å². The van der Waals surface area contributed by atoms with Gasteiger partial charge in [0.1, 0.15) is 12.7 Å². The molecule has 40 heavy (non-hydrogen) atoms. The minimum absolute atomic E-state index is 0.0128. The lowest BCUT2D eigenvalue weighted by Gasteiger charge is -2.31. The molecule has 0 aromatic heterocycles. The largest absolute Gasteiger partial charge is 0.461 e. The van der Waals surface area contributed by atoms with E-state index >= 15 is 0 Å². The minimum Gasteiger partial charge on any atom is -0.461 e. The third kappa shape index (κ3) is 11.0. The van der Waals surface area contributed by atoms with E-state index < -0.39 is 18.1 Å². The number of carbonyl (C=O) groups is 1. The van der Waals surface area contributed by atoms with E-state index in [0.717, 1.165) is 56.9 Å². The predicted octanol–water partition coefficient (Wildman–Crippen LogP) is 6.95. The van der Waals surface area contributed by atoms with Gasteiger partial charge in [-0.15, -0.1) is 0 Å². The Balaban J connectivity index is 1.44. The van der Waals surface area contributed by atoms with Crippen LogP contribution in [0.1, 0.15) is 109 Å². The highest BCUT2D eigenvalue weighted by Crippen LogP contribution is 2.42. The van der Waals surface area contributed by atoms with Crippen molar-refractivity contribution in [2.75, 3.05) is 6.61 Å². The van der Waals surface area contributed by atoms with Crippen molar-refractivity contribution in [2.24, 2.45) is 11.8 Å². The number of carbonyl (C=O) groups excluding carboxylic acids is 1. The Kier molecular flexibility index (Phi) is 14.3. The topological polar surface area (TPSA) is 85.2 Å². The zero-order valence-corrected chi connectivity index (χ0v) is 24.2. The number of aliphatic hydroxyl groups is 2. The summed E-state index contributed by atoms with van der Waals surface area (Å²) in [4.78, 5) is 12.0. The zero-order chi connectivity index (χ0) is 28.8. The smallest absolute Gasteiger partial charge is 0.306 e. The molecule has 0 bridgehead atoms. The molecule has 228 valence electrons. The molecule has 3 rings (SSSR count). The summed E-state index contributed by atoms with van der Waals surface area (Å²) in [6, 6.07) is 9.60. The van der Waals surface area contributed by atoms with Crippen LogP contribution in [-0.4, -0.2) is 53.3 Å². The highest BCUT2D eigenvalue weighted by Gasteiger charge is 2.45. The fourth-order valence-corrected chi connectivity index (χ4v) is 6.08. The van der Waals surface area contributed by atoms with Gasteiger partial charge in [0.15, 0.2) is 6.29 Å². The lowest BCUT2D eigenvalue weighted by atomic mass is 9.84. The van der Waals surface area contributed by atoms with Gasteiger partial charge in [-0.25, -0.2) is 8.78 Å². The monoisotopic (exact) mass is 568 g/mol. The number of unbranched alkanes of at least 4 members (excludes halogenated alkanes) is 4. The molecule has 8 heteroatoms. The van der Waals surface area contributed by atoms with Gasteiger partial charge in [0, 0.05) is 25.9 Å². The van der Waals surface area contributed by atoms with E-state index in [2.05, 4.69) is 0 Å². The molecule has 2 N–H and O–H groups in total. The number of aliphatic hydroxyl groups excluding tert-OH is 2. The van der Waals surface area contributed by atoms with Crippen molar-refractivity contribution in [3.05, 3.63) is 35.9 Å². The van der Waals surface area contributed by atoms with Crippen molar-refractivity contribution in [1.29, 1.82) is 0 Å². The van der Waals surface area contributed by atoms with Gasteiger partial charge in [0.25, 0.3) is 5.92 Å². The summed E-state index contributed by atoms with van der Waals surface area (Å²) in [6.45, 7) is 2.80. The van der Waals surface area contributed by atoms with Gasteiger partial charge in [-0.3, -0.25) is 4.79 Å². The summed E-state index contributed by atoms with van der Waals surface area (Å²) in [6.07, 6.45) is 6.11. The summed E-state index contributed by atoms with van der Waals surface area (Å²) >= 11 is 0. The first-order chi connectivity index (χ1) is 19.3. The molecule has 6 atom stereocenters. The number of esters is 1. The summed E-state index contributed by atoms with van der Waals surface area (Å²) in [7, 11) is 0. The summed E-state index contributed by atoms with van der Waals surface area (Å²) in [5.41, 5.74) is 0.968. The Hall–Kier alpha value is -1.61. The minimum atomic E-state index is -3.10. The van der Waals surface area contributed by atoms with Crippen molar-refractivity contribution in [1.82, 2.24) is 0 Å². The third-order valence-electron chi connectivity index (χ3n) is 8.50. The van der Waals surface area contributed by atoms with Crippen molar-refractivity contribution in [2.45, 2.75) is 140 Å². The Morgan fingerprint density at radius 1 is 1.07 bits per heavy atom. The van der Waals surface area contributed by atoms with Gasteiger partial charge in [-0.05, 0) is 68.8 Å². The maximum atomic E-state index is 14.5. The van der Waals surface area contributed by atoms with E-state index in [-0.39, 0.29) is 49.6 Å². The van der Waals surface area contributed by atoms with Crippen LogP contribution in [0.3, 0.4) is 0 Å². The van der Waals surface area contributed by atoms with E-state index in [1.165, 1.54) is 0 Å². The molecule has 1 aromatic carbocycles. The van der Waals surface area contributed by atoms with Crippen LogP contribution in [0.25, 0.3) is 0 Å². The second-order valence-corrected chi connectivity index (χ2v) is 11.7. The average molecular weight is 569 g/mol. The molecule has 1 aliphatic carbocycles. The third-order valence-corrected chi connectivity index (χ3v) is 8.50. The quantitative estimate of drug-likeness (QED) is 0.147. The molecular formula is C32H50F2O6. The molecule has 2 fully saturated rings. The summed E-state index contributed by atoms with van der Waals surface area (Å²) in [5, 5.41) is 21.3. The Morgan fingerprint density at radius 2 is 1.85 bits per heavy atom. The molecule has 2 unspecified atom stereocenters.